The van der Waals surface area contributed by atoms with Gasteiger partial charge in [-0.3, -0.25) is 13.9 Å². The number of rotatable bonds is 1. The fourth-order valence-corrected chi connectivity index (χ4v) is 2.23. The van der Waals surface area contributed by atoms with E-state index in [0.717, 1.165) is 17.0 Å². The van der Waals surface area contributed by atoms with Gasteiger partial charge >= 0.3 is 5.69 Å². The Balaban J connectivity index is 3.05. The summed E-state index contributed by atoms with van der Waals surface area (Å²) in [6.45, 7) is 0. The Labute approximate surface area is 102 Å². The molecule has 0 fully saturated rings. The van der Waals surface area contributed by atoms with Crippen LogP contribution in [0.3, 0.4) is 0 Å². The highest BCUT2D eigenvalue weighted by Gasteiger charge is 2.14. The maximum atomic E-state index is 11.9. The Morgan fingerprint density at radius 2 is 1.78 bits per heavy atom. The molecule has 0 bridgehead atoms. The number of fused-ring (bicyclic) bond motifs is 1. The average Bonchev–Trinajstić information content (AvgIpc) is 2.32. The van der Waals surface area contributed by atoms with Crippen LogP contribution >= 0.6 is 0 Å². The van der Waals surface area contributed by atoms with Crippen LogP contribution in [0.1, 0.15) is 0 Å². The molecule has 2 heterocycles. The minimum Gasteiger partial charge on any atom is -0.280 e. The highest BCUT2D eigenvalue weighted by molar-refractivity contribution is 7.90. The van der Waals surface area contributed by atoms with Gasteiger partial charge in [-0.2, -0.15) is 0 Å². The first-order valence-corrected chi connectivity index (χ1v) is 6.88. The molecule has 0 radical (unpaired) electrons. The highest BCUT2D eigenvalue weighted by atomic mass is 32.2. The molecule has 0 aliphatic carbocycles. The van der Waals surface area contributed by atoms with Crippen molar-refractivity contribution in [3.8, 4) is 0 Å². The molecule has 0 aromatic carbocycles. The van der Waals surface area contributed by atoms with Crippen LogP contribution in [-0.2, 0) is 23.9 Å². The van der Waals surface area contributed by atoms with E-state index in [9.17, 15) is 18.0 Å². The van der Waals surface area contributed by atoms with Crippen LogP contribution in [-0.4, -0.2) is 28.8 Å². The zero-order valence-corrected chi connectivity index (χ0v) is 10.9. The number of pyridine rings is 1. The van der Waals surface area contributed by atoms with Crippen molar-refractivity contribution in [2.24, 2.45) is 14.1 Å². The molecule has 0 aliphatic heterocycles. The molecule has 0 saturated heterocycles. The summed E-state index contributed by atoms with van der Waals surface area (Å²) in [4.78, 5) is 27.4. The van der Waals surface area contributed by atoms with Gasteiger partial charge < -0.3 is 0 Å². The predicted molar refractivity (Wildman–Crippen MR) is 65.3 cm³/mol. The fraction of sp³-hybridized carbons (Fsp3) is 0.300. The summed E-state index contributed by atoms with van der Waals surface area (Å²) in [7, 11) is -0.645. The van der Waals surface area contributed by atoms with Gasteiger partial charge in [0.1, 0.15) is 5.65 Å². The number of hydrogen-bond donors (Lipinski definition) is 0. The molecule has 0 spiro atoms. The molecule has 0 aliphatic rings. The highest BCUT2D eigenvalue weighted by Crippen LogP contribution is 2.11. The summed E-state index contributed by atoms with van der Waals surface area (Å²) in [5.74, 6) is 0. The topological polar surface area (TPSA) is 91.0 Å². The molecule has 96 valence electrons. The quantitative estimate of drug-likeness (QED) is 0.664. The summed E-state index contributed by atoms with van der Waals surface area (Å²) in [5, 5.41) is 0.0996. The van der Waals surface area contributed by atoms with Gasteiger partial charge in [0, 0.05) is 26.5 Å². The van der Waals surface area contributed by atoms with E-state index < -0.39 is 21.1 Å². The van der Waals surface area contributed by atoms with Gasteiger partial charge in [0.05, 0.1) is 10.3 Å². The second-order valence-electron chi connectivity index (χ2n) is 4.02. The number of nitrogens with zero attached hydrogens (tertiary/aromatic N) is 3. The van der Waals surface area contributed by atoms with Crippen molar-refractivity contribution < 1.29 is 8.42 Å². The molecule has 0 atom stereocenters. The molecular formula is C10H11N3O4S. The summed E-state index contributed by atoms with van der Waals surface area (Å²) in [6, 6.07) is 1.24. The predicted octanol–water partition coefficient (Wildman–Crippen LogP) is -0.964. The fourth-order valence-electron chi connectivity index (χ4n) is 1.65. The summed E-state index contributed by atoms with van der Waals surface area (Å²) in [6.07, 6.45) is 2.17. The van der Waals surface area contributed by atoms with Crippen molar-refractivity contribution in [2.75, 3.05) is 6.26 Å². The van der Waals surface area contributed by atoms with E-state index in [1.165, 1.54) is 24.7 Å². The standard InChI is InChI=1S/C10H11N3O4S/c1-12-8-7(9(14)13(2)10(12)15)4-6(5-11-8)18(3,16)17/h4-5H,1-3H3. The first kappa shape index (κ1) is 12.5. The van der Waals surface area contributed by atoms with E-state index in [0.29, 0.717) is 0 Å². The van der Waals surface area contributed by atoms with E-state index in [-0.39, 0.29) is 15.9 Å². The summed E-state index contributed by atoms with van der Waals surface area (Å²) < 4.78 is 24.9. The van der Waals surface area contributed by atoms with E-state index in [1.54, 1.807) is 0 Å². The Morgan fingerprint density at radius 3 is 2.33 bits per heavy atom. The Kier molecular flexibility index (Phi) is 2.62. The van der Waals surface area contributed by atoms with Crippen LogP contribution in [0.15, 0.2) is 26.7 Å². The van der Waals surface area contributed by atoms with Crippen molar-refractivity contribution in [3.05, 3.63) is 33.1 Å². The van der Waals surface area contributed by atoms with Crippen molar-refractivity contribution in [3.63, 3.8) is 0 Å². The molecule has 2 aromatic heterocycles. The van der Waals surface area contributed by atoms with E-state index in [2.05, 4.69) is 4.98 Å². The van der Waals surface area contributed by atoms with Gasteiger partial charge in [0.25, 0.3) is 5.56 Å². The minimum atomic E-state index is -3.44. The molecule has 0 N–H and O–H groups in total. The number of hydrogen-bond acceptors (Lipinski definition) is 5. The zero-order chi connectivity index (χ0) is 13.7. The van der Waals surface area contributed by atoms with Crippen molar-refractivity contribution in [1.29, 1.82) is 0 Å². The average molecular weight is 269 g/mol. The van der Waals surface area contributed by atoms with Crippen LogP contribution in [0, 0.1) is 0 Å². The normalized spacial score (nSPS) is 11.9. The van der Waals surface area contributed by atoms with Crippen LogP contribution in [0.5, 0.6) is 0 Å². The van der Waals surface area contributed by atoms with Gasteiger partial charge in [-0.15, -0.1) is 0 Å². The number of aromatic nitrogens is 3. The van der Waals surface area contributed by atoms with Crippen LogP contribution < -0.4 is 11.2 Å². The maximum Gasteiger partial charge on any atom is 0.332 e. The van der Waals surface area contributed by atoms with Crippen LogP contribution in [0.25, 0.3) is 11.0 Å². The summed E-state index contributed by atoms with van der Waals surface area (Å²) >= 11 is 0. The molecule has 0 unspecified atom stereocenters. The van der Waals surface area contributed by atoms with E-state index in [4.69, 9.17) is 0 Å². The van der Waals surface area contributed by atoms with Gasteiger partial charge in [-0.05, 0) is 6.07 Å². The molecule has 0 saturated carbocycles. The lowest BCUT2D eigenvalue weighted by molar-refractivity contribution is 0.601. The van der Waals surface area contributed by atoms with Crippen LogP contribution in [0.2, 0.25) is 0 Å². The van der Waals surface area contributed by atoms with Crippen molar-refractivity contribution >= 4 is 20.9 Å². The largest absolute Gasteiger partial charge is 0.332 e. The molecule has 7 nitrogen and oxygen atoms in total. The van der Waals surface area contributed by atoms with Gasteiger partial charge in [-0.1, -0.05) is 0 Å². The third kappa shape index (κ3) is 1.74. The Bertz CT molecular complexity index is 861. The lowest BCUT2D eigenvalue weighted by Gasteiger charge is -2.07. The molecule has 2 rings (SSSR count). The lowest BCUT2D eigenvalue weighted by atomic mass is 10.3. The summed E-state index contributed by atoms with van der Waals surface area (Å²) in [5.41, 5.74) is -0.909. The van der Waals surface area contributed by atoms with Crippen molar-refractivity contribution in [1.82, 2.24) is 14.1 Å². The van der Waals surface area contributed by atoms with Gasteiger partial charge in [0.2, 0.25) is 0 Å². The Morgan fingerprint density at radius 1 is 1.17 bits per heavy atom. The van der Waals surface area contributed by atoms with E-state index in [1.807, 2.05) is 0 Å². The second kappa shape index (κ2) is 3.77. The van der Waals surface area contributed by atoms with Gasteiger partial charge in [-0.25, -0.2) is 18.2 Å². The monoisotopic (exact) mass is 269 g/mol. The van der Waals surface area contributed by atoms with Gasteiger partial charge in [0.15, 0.2) is 9.84 Å². The smallest absolute Gasteiger partial charge is 0.280 e. The zero-order valence-electron chi connectivity index (χ0n) is 10.0. The molecular weight excluding hydrogens is 258 g/mol. The SMILES string of the molecule is Cn1c(=O)c2cc(S(C)(=O)=O)cnc2n(C)c1=O. The minimum absolute atomic E-state index is 0.0502. The van der Waals surface area contributed by atoms with Crippen molar-refractivity contribution in [2.45, 2.75) is 4.90 Å². The molecule has 18 heavy (non-hydrogen) atoms. The number of aryl methyl sites for hydroxylation is 1. The molecule has 8 heteroatoms. The first-order valence-electron chi connectivity index (χ1n) is 4.99. The first-order chi connectivity index (χ1) is 8.23. The second-order valence-corrected chi connectivity index (χ2v) is 6.04. The molecule has 2 aromatic rings. The Hall–Kier alpha value is -1.96. The molecule has 0 amide bonds. The van der Waals surface area contributed by atoms with Crippen LogP contribution in [0.4, 0.5) is 0 Å². The lowest BCUT2D eigenvalue weighted by Crippen LogP contribution is -2.37. The van der Waals surface area contributed by atoms with E-state index >= 15 is 0 Å². The number of sulfone groups is 1. The third-order valence-corrected chi connectivity index (χ3v) is 3.78. The third-order valence-electron chi connectivity index (χ3n) is 2.70. The maximum absolute atomic E-state index is 11.9.